The van der Waals surface area contributed by atoms with Crippen molar-refractivity contribution in [1.82, 2.24) is 14.4 Å². The summed E-state index contributed by atoms with van der Waals surface area (Å²) in [4.78, 5) is 19.2. The molecular formula is C14H10N4O2. The summed E-state index contributed by atoms with van der Waals surface area (Å²) in [6.45, 7) is 0. The first kappa shape index (κ1) is 12.0. The molecule has 3 aromatic heterocycles. The van der Waals surface area contributed by atoms with E-state index in [0.29, 0.717) is 11.3 Å². The average Bonchev–Trinajstić information content (AvgIpc) is 2.84. The second kappa shape index (κ2) is 4.93. The van der Waals surface area contributed by atoms with E-state index in [1.807, 2.05) is 18.2 Å². The van der Waals surface area contributed by atoms with Crippen molar-refractivity contribution in [3.05, 3.63) is 70.3 Å². The topological polar surface area (TPSA) is 73.3 Å². The molecule has 98 valence electrons. The van der Waals surface area contributed by atoms with Crippen LogP contribution in [0.4, 0.5) is 5.82 Å². The van der Waals surface area contributed by atoms with Gasteiger partial charge in [-0.25, -0.2) is 4.98 Å². The zero-order valence-corrected chi connectivity index (χ0v) is 10.4. The van der Waals surface area contributed by atoms with Gasteiger partial charge in [0.2, 0.25) is 5.65 Å². The van der Waals surface area contributed by atoms with Crippen LogP contribution in [0.5, 0.6) is 0 Å². The minimum atomic E-state index is -0.432. The second-order valence-electron chi connectivity index (χ2n) is 4.09. The quantitative estimate of drug-likeness (QED) is 0.539. The van der Waals surface area contributed by atoms with Crippen molar-refractivity contribution in [1.29, 1.82) is 0 Å². The van der Waals surface area contributed by atoms with Crippen LogP contribution in [-0.4, -0.2) is 19.3 Å². The number of fused-ring (bicyclic) bond motifs is 1. The summed E-state index contributed by atoms with van der Waals surface area (Å²) in [5.41, 5.74) is 1.57. The molecule has 6 nitrogen and oxygen atoms in total. The third kappa shape index (κ3) is 2.14. The normalized spacial score (nSPS) is 11.2. The van der Waals surface area contributed by atoms with Crippen LogP contribution in [0.15, 0.2) is 48.8 Å². The molecule has 0 aromatic carbocycles. The van der Waals surface area contributed by atoms with Gasteiger partial charge < -0.3 is 10.1 Å². The highest BCUT2D eigenvalue weighted by Crippen LogP contribution is 2.22. The molecule has 0 unspecified atom stereocenters. The van der Waals surface area contributed by atoms with E-state index < -0.39 is 4.92 Å². The van der Waals surface area contributed by atoms with Crippen molar-refractivity contribution in [3.8, 4) is 0 Å². The Balaban J connectivity index is 2.09. The van der Waals surface area contributed by atoms with Crippen molar-refractivity contribution in [2.75, 3.05) is 0 Å². The van der Waals surface area contributed by atoms with Gasteiger partial charge >= 0.3 is 5.82 Å². The fraction of sp³-hybridized carbons (Fsp3) is 0. The SMILES string of the molecule is O=[N+]([O-])c1c(C=Cc2ccccn2)nc2ccccn12. The van der Waals surface area contributed by atoms with Gasteiger partial charge in [0.25, 0.3) is 0 Å². The minimum absolute atomic E-state index is 0.0484. The summed E-state index contributed by atoms with van der Waals surface area (Å²) in [6.07, 6.45) is 6.60. The van der Waals surface area contributed by atoms with Crippen LogP contribution in [-0.2, 0) is 0 Å². The molecule has 0 saturated heterocycles. The van der Waals surface area contributed by atoms with E-state index in [2.05, 4.69) is 9.97 Å². The molecule has 0 bridgehead atoms. The molecular weight excluding hydrogens is 256 g/mol. The first-order valence-corrected chi connectivity index (χ1v) is 5.96. The maximum absolute atomic E-state index is 11.2. The number of aromatic nitrogens is 3. The molecule has 20 heavy (non-hydrogen) atoms. The lowest BCUT2D eigenvalue weighted by atomic mass is 10.3. The van der Waals surface area contributed by atoms with E-state index in [1.54, 1.807) is 42.7 Å². The standard InChI is InChI=1S/C14H10N4O2/c19-18(20)14-12(8-7-11-5-1-3-9-15-11)16-13-6-2-4-10-17(13)14/h1-10H. The van der Waals surface area contributed by atoms with Crippen LogP contribution < -0.4 is 0 Å². The Morgan fingerprint density at radius 2 is 2.00 bits per heavy atom. The number of hydrogen-bond acceptors (Lipinski definition) is 4. The lowest BCUT2D eigenvalue weighted by Gasteiger charge is -1.94. The number of nitro groups is 1. The third-order valence-corrected chi connectivity index (χ3v) is 2.80. The molecule has 0 fully saturated rings. The zero-order chi connectivity index (χ0) is 13.9. The lowest BCUT2D eigenvalue weighted by molar-refractivity contribution is -0.390. The Hall–Kier alpha value is -3.02. The van der Waals surface area contributed by atoms with Crippen molar-refractivity contribution < 1.29 is 4.92 Å². The van der Waals surface area contributed by atoms with Gasteiger partial charge in [0.05, 0.1) is 11.9 Å². The molecule has 0 aliphatic carbocycles. The predicted molar refractivity (Wildman–Crippen MR) is 75.0 cm³/mol. The summed E-state index contributed by atoms with van der Waals surface area (Å²) in [5.74, 6) is -0.0484. The maximum atomic E-state index is 11.2. The molecule has 3 heterocycles. The Morgan fingerprint density at radius 3 is 2.75 bits per heavy atom. The largest absolute Gasteiger partial charge is 0.358 e. The highest BCUT2D eigenvalue weighted by atomic mass is 16.6. The molecule has 0 saturated carbocycles. The molecule has 0 spiro atoms. The molecule has 0 atom stereocenters. The highest BCUT2D eigenvalue weighted by molar-refractivity contribution is 5.72. The third-order valence-electron chi connectivity index (χ3n) is 2.80. The molecule has 0 aliphatic heterocycles. The monoisotopic (exact) mass is 266 g/mol. The van der Waals surface area contributed by atoms with Crippen molar-refractivity contribution in [3.63, 3.8) is 0 Å². The Labute approximate surface area is 114 Å². The van der Waals surface area contributed by atoms with Gasteiger partial charge in [-0.2, -0.15) is 4.40 Å². The number of imidazole rings is 1. The zero-order valence-electron chi connectivity index (χ0n) is 10.4. The molecule has 6 heteroatoms. The van der Waals surface area contributed by atoms with Crippen LogP contribution >= 0.6 is 0 Å². The van der Waals surface area contributed by atoms with Crippen LogP contribution in [0.3, 0.4) is 0 Å². The van der Waals surface area contributed by atoms with Crippen LogP contribution in [0.1, 0.15) is 11.4 Å². The number of nitrogens with zero attached hydrogens (tertiary/aromatic N) is 4. The predicted octanol–water partition coefficient (Wildman–Crippen LogP) is 2.81. The smallest absolute Gasteiger partial charge is 0.355 e. The van der Waals surface area contributed by atoms with Crippen molar-refractivity contribution in [2.24, 2.45) is 0 Å². The van der Waals surface area contributed by atoms with E-state index in [1.165, 1.54) is 4.40 Å². The maximum Gasteiger partial charge on any atom is 0.355 e. The van der Waals surface area contributed by atoms with Gasteiger partial charge in [0, 0.05) is 12.3 Å². The van der Waals surface area contributed by atoms with Gasteiger partial charge in [-0.1, -0.05) is 12.1 Å². The summed E-state index contributed by atoms with van der Waals surface area (Å²) >= 11 is 0. The Bertz CT molecular complexity index is 793. The summed E-state index contributed by atoms with van der Waals surface area (Å²) in [6, 6.07) is 10.7. The van der Waals surface area contributed by atoms with Gasteiger partial charge in [-0.05, 0) is 35.3 Å². The van der Waals surface area contributed by atoms with Gasteiger partial charge in [0.1, 0.15) is 0 Å². The van der Waals surface area contributed by atoms with Gasteiger partial charge in [-0.3, -0.25) is 4.98 Å². The highest BCUT2D eigenvalue weighted by Gasteiger charge is 2.19. The van der Waals surface area contributed by atoms with E-state index >= 15 is 0 Å². The van der Waals surface area contributed by atoms with Crippen LogP contribution in [0.2, 0.25) is 0 Å². The van der Waals surface area contributed by atoms with Gasteiger partial charge in [-0.15, -0.1) is 0 Å². The van der Waals surface area contributed by atoms with E-state index in [9.17, 15) is 10.1 Å². The Kier molecular flexibility index (Phi) is 2.96. The molecule has 0 aliphatic rings. The second-order valence-corrected chi connectivity index (χ2v) is 4.09. The first-order chi connectivity index (χ1) is 9.75. The number of rotatable bonds is 3. The molecule has 0 amide bonds. The summed E-state index contributed by atoms with van der Waals surface area (Å²) < 4.78 is 1.46. The van der Waals surface area contributed by atoms with Gasteiger partial charge in [0.15, 0.2) is 5.69 Å². The fourth-order valence-corrected chi connectivity index (χ4v) is 1.93. The molecule has 3 aromatic rings. The Morgan fingerprint density at radius 1 is 1.15 bits per heavy atom. The average molecular weight is 266 g/mol. The lowest BCUT2D eigenvalue weighted by Crippen LogP contribution is -1.95. The summed E-state index contributed by atoms with van der Waals surface area (Å²) in [5, 5.41) is 11.2. The first-order valence-electron chi connectivity index (χ1n) is 5.96. The van der Waals surface area contributed by atoms with E-state index in [0.717, 1.165) is 5.69 Å². The van der Waals surface area contributed by atoms with Crippen molar-refractivity contribution >= 4 is 23.6 Å². The van der Waals surface area contributed by atoms with Crippen molar-refractivity contribution in [2.45, 2.75) is 0 Å². The van der Waals surface area contributed by atoms with E-state index in [-0.39, 0.29) is 5.82 Å². The molecule has 3 rings (SSSR count). The minimum Gasteiger partial charge on any atom is -0.358 e. The van der Waals surface area contributed by atoms with Crippen LogP contribution in [0.25, 0.3) is 17.8 Å². The van der Waals surface area contributed by atoms with E-state index in [4.69, 9.17) is 0 Å². The summed E-state index contributed by atoms with van der Waals surface area (Å²) in [7, 11) is 0. The number of pyridine rings is 2. The fourth-order valence-electron chi connectivity index (χ4n) is 1.93. The van der Waals surface area contributed by atoms with Crippen LogP contribution in [0, 0.1) is 10.1 Å². The molecule has 0 radical (unpaired) electrons. The molecule has 0 N–H and O–H groups in total. The number of hydrogen-bond donors (Lipinski definition) is 0.